The quantitative estimate of drug-likeness (QED) is 0.510. The van der Waals surface area contributed by atoms with E-state index in [4.69, 9.17) is 4.99 Å². The van der Waals surface area contributed by atoms with Gasteiger partial charge >= 0.3 is 0 Å². The van der Waals surface area contributed by atoms with Crippen LogP contribution in [0.3, 0.4) is 0 Å². The number of thioether (sulfide) groups is 1. The largest absolute Gasteiger partial charge is 0.387 e. The van der Waals surface area contributed by atoms with E-state index in [2.05, 4.69) is 27.9 Å². The van der Waals surface area contributed by atoms with Crippen LogP contribution in [0.4, 0.5) is 0 Å². The van der Waals surface area contributed by atoms with Crippen molar-refractivity contribution in [3.8, 4) is 0 Å². The molecule has 0 radical (unpaired) electrons. The molecule has 3 N–H and O–H groups in total. The number of hydrogen-bond acceptors (Lipinski definition) is 4. The number of hydrogen-bond donors (Lipinski definition) is 3. The highest BCUT2D eigenvalue weighted by molar-refractivity contribution is 7.99. The van der Waals surface area contributed by atoms with Gasteiger partial charge in [0.1, 0.15) is 0 Å². The molecule has 3 rings (SSSR count). The summed E-state index contributed by atoms with van der Waals surface area (Å²) in [5.74, 6) is 2.55. The van der Waals surface area contributed by atoms with E-state index in [0.717, 1.165) is 37.0 Å². The molecule has 1 unspecified atom stereocenters. The second-order valence-corrected chi connectivity index (χ2v) is 7.65. The van der Waals surface area contributed by atoms with Crippen LogP contribution in [-0.2, 0) is 13.1 Å². The Labute approximate surface area is 159 Å². The molecule has 26 heavy (non-hydrogen) atoms. The monoisotopic (exact) mass is 373 g/mol. The van der Waals surface area contributed by atoms with E-state index >= 15 is 0 Å². The van der Waals surface area contributed by atoms with Crippen LogP contribution >= 0.6 is 11.8 Å². The molecule has 140 valence electrons. The summed E-state index contributed by atoms with van der Waals surface area (Å²) in [6.07, 6.45) is 4.59. The Morgan fingerprint density at radius 1 is 1.31 bits per heavy atom. The molecule has 1 aromatic carbocycles. The highest BCUT2D eigenvalue weighted by Gasteiger charge is 2.31. The minimum absolute atomic E-state index is 0.529. The molecule has 0 saturated carbocycles. The molecule has 1 fully saturated rings. The Morgan fingerprint density at radius 2 is 2.15 bits per heavy atom. The van der Waals surface area contributed by atoms with Crippen LogP contribution in [0.2, 0.25) is 0 Å². The van der Waals surface area contributed by atoms with Gasteiger partial charge in [-0.25, -0.2) is 4.99 Å². The van der Waals surface area contributed by atoms with Crippen LogP contribution in [0, 0.1) is 0 Å². The van der Waals surface area contributed by atoms with Gasteiger partial charge in [-0.15, -0.1) is 0 Å². The zero-order valence-electron chi connectivity index (χ0n) is 15.2. The van der Waals surface area contributed by atoms with E-state index in [0.29, 0.717) is 13.1 Å². The highest BCUT2D eigenvalue weighted by Crippen LogP contribution is 2.26. The number of aliphatic imine (C=N–C) groups is 1. The first-order valence-corrected chi connectivity index (χ1v) is 10.2. The van der Waals surface area contributed by atoms with Crippen LogP contribution in [-0.4, -0.2) is 51.0 Å². The van der Waals surface area contributed by atoms with Crippen molar-refractivity contribution in [2.24, 2.45) is 4.99 Å². The lowest BCUT2D eigenvalue weighted by atomic mass is 10.0. The molecule has 6 nitrogen and oxygen atoms in total. The van der Waals surface area contributed by atoms with Gasteiger partial charge in [-0.3, -0.25) is 4.68 Å². The summed E-state index contributed by atoms with van der Waals surface area (Å²) in [6, 6.07) is 10.2. The van der Waals surface area contributed by atoms with Gasteiger partial charge in [0, 0.05) is 31.2 Å². The minimum Gasteiger partial charge on any atom is -0.387 e. The molecular formula is C19H27N5OS. The van der Waals surface area contributed by atoms with E-state index in [1.54, 1.807) is 18.0 Å². The predicted molar refractivity (Wildman–Crippen MR) is 107 cm³/mol. The van der Waals surface area contributed by atoms with Crippen molar-refractivity contribution >= 4 is 17.7 Å². The van der Waals surface area contributed by atoms with Gasteiger partial charge < -0.3 is 15.7 Å². The Balaban J connectivity index is 1.65. The highest BCUT2D eigenvalue weighted by atomic mass is 32.2. The summed E-state index contributed by atoms with van der Waals surface area (Å²) in [4.78, 5) is 4.71. The van der Waals surface area contributed by atoms with Crippen molar-refractivity contribution in [1.29, 1.82) is 0 Å². The van der Waals surface area contributed by atoms with E-state index < -0.39 is 5.60 Å². The second kappa shape index (κ2) is 9.09. The Bertz CT molecular complexity index is 710. The van der Waals surface area contributed by atoms with Gasteiger partial charge in [-0.2, -0.15) is 16.9 Å². The van der Waals surface area contributed by atoms with Crippen LogP contribution < -0.4 is 10.6 Å². The number of benzene rings is 1. The number of aliphatic hydroxyl groups is 1. The third-order valence-corrected chi connectivity index (χ3v) is 5.66. The van der Waals surface area contributed by atoms with Crippen molar-refractivity contribution in [1.82, 2.24) is 20.4 Å². The molecule has 0 amide bonds. The fourth-order valence-electron chi connectivity index (χ4n) is 2.92. The molecule has 1 atom stereocenters. The second-order valence-electron chi connectivity index (χ2n) is 6.55. The molecule has 0 aliphatic carbocycles. The maximum atomic E-state index is 10.5. The lowest BCUT2D eigenvalue weighted by Crippen LogP contribution is -2.47. The van der Waals surface area contributed by atoms with Gasteiger partial charge in [-0.1, -0.05) is 24.3 Å². The lowest BCUT2D eigenvalue weighted by Gasteiger charge is -2.23. The first kappa shape index (κ1) is 18.8. The summed E-state index contributed by atoms with van der Waals surface area (Å²) in [5.41, 5.74) is 1.76. The Kier molecular flexibility index (Phi) is 6.57. The van der Waals surface area contributed by atoms with E-state index in [1.807, 2.05) is 36.0 Å². The van der Waals surface area contributed by atoms with Crippen LogP contribution in [0.1, 0.15) is 24.5 Å². The summed E-state index contributed by atoms with van der Waals surface area (Å²) in [7, 11) is 0. The summed E-state index contributed by atoms with van der Waals surface area (Å²) in [6.45, 7) is 4.68. The Hall–Kier alpha value is -1.99. The van der Waals surface area contributed by atoms with Gasteiger partial charge in [-0.05, 0) is 36.3 Å². The fraction of sp³-hybridized carbons (Fsp3) is 0.474. The smallest absolute Gasteiger partial charge is 0.191 e. The van der Waals surface area contributed by atoms with E-state index in [-0.39, 0.29) is 0 Å². The first-order valence-electron chi connectivity index (χ1n) is 9.05. The molecule has 1 saturated heterocycles. The van der Waals surface area contributed by atoms with Crippen LogP contribution in [0.5, 0.6) is 0 Å². The van der Waals surface area contributed by atoms with Crippen LogP contribution in [0.15, 0.2) is 47.7 Å². The zero-order chi connectivity index (χ0) is 18.2. The summed E-state index contributed by atoms with van der Waals surface area (Å²) < 4.78 is 1.92. The Morgan fingerprint density at radius 3 is 2.85 bits per heavy atom. The van der Waals surface area contributed by atoms with Crippen molar-refractivity contribution < 1.29 is 5.11 Å². The standard InChI is InChI=1S/C19H27N5OS/c1-2-20-18(22-14-19(25)8-11-26-15-19)21-12-16-6-3-4-7-17(16)13-24-10-5-9-23-24/h3-7,9-10,25H,2,8,11-15H2,1H3,(H2,20,21,22). The summed E-state index contributed by atoms with van der Waals surface area (Å²) in [5, 5.41) is 21.3. The average molecular weight is 374 g/mol. The molecule has 2 heterocycles. The topological polar surface area (TPSA) is 74.5 Å². The van der Waals surface area contributed by atoms with Crippen LogP contribution in [0.25, 0.3) is 0 Å². The number of aromatic nitrogens is 2. The van der Waals surface area contributed by atoms with E-state index in [9.17, 15) is 5.11 Å². The van der Waals surface area contributed by atoms with Gasteiger partial charge in [0.15, 0.2) is 5.96 Å². The third kappa shape index (κ3) is 5.25. The first-order chi connectivity index (χ1) is 12.7. The van der Waals surface area contributed by atoms with Gasteiger partial charge in [0.05, 0.1) is 18.7 Å². The van der Waals surface area contributed by atoms with Gasteiger partial charge in [0.25, 0.3) is 0 Å². The SMILES string of the molecule is CCNC(=NCc1ccccc1Cn1cccn1)NCC1(O)CCSC1. The minimum atomic E-state index is -0.626. The third-order valence-electron chi connectivity index (χ3n) is 4.43. The van der Waals surface area contributed by atoms with Crippen molar-refractivity contribution in [3.63, 3.8) is 0 Å². The number of rotatable bonds is 7. The lowest BCUT2D eigenvalue weighted by molar-refractivity contribution is 0.0724. The van der Waals surface area contributed by atoms with Crippen molar-refractivity contribution in [2.75, 3.05) is 24.6 Å². The van der Waals surface area contributed by atoms with Gasteiger partial charge in [0.2, 0.25) is 0 Å². The average Bonchev–Trinajstić information content (AvgIpc) is 3.31. The molecule has 7 heteroatoms. The summed E-state index contributed by atoms with van der Waals surface area (Å²) >= 11 is 1.80. The normalized spacial score (nSPS) is 20.3. The van der Waals surface area contributed by atoms with E-state index in [1.165, 1.54) is 11.1 Å². The molecule has 1 aliphatic rings. The van der Waals surface area contributed by atoms with Crippen molar-refractivity contribution in [3.05, 3.63) is 53.9 Å². The number of nitrogens with one attached hydrogen (secondary N) is 2. The zero-order valence-corrected chi connectivity index (χ0v) is 16.0. The fourth-order valence-corrected chi connectivity index (χ4v) is 4.22. The molecular weight excluding hydrogens is 346 g/mol. The molecule has 1 aromatic heterocycles. The molecule has 0 bridgehead atoms. The van der Waals surface area contributed by atoms with Crippen molar-refractivity contribution in [2.45, 2.75) is 32.0 Å². The maximum absolute atomic E-state index is 10.5. The maximum Gasteiger partial charge on any atom is 0.191 e. The number of nitrogens with zero attached hydrogens (tertiary/aromatic N) is 3. The number of guanidine groups is 1. The predicted octanol–water partition coefficient (Wildman–Crippen LogP) is 1.85. The molecule has 0 spiro atoms. The molecule has 1 aliphatic heterocycles. The molecule has 2 aromatic rings.